The average molecular weight is 438 g/mol. The molecule has 4 nitrogen and oxygen atoms in total. The van der Waals surface area contributed by atoms with Gasteiger partial charge in [0.15, 0.2) is 17.4 Å². The molecule has 1 fully saturated rings. The summed E-state index contributed by atoms with van der Waals surface area (Å²) < 4.78 is 36.8. The molecule has 0 unspecified atom stereocenters. The van der Waals surface area contributed by atoms with Gasteiger partial charge in [-0.2, -0.15) is 0 Å². The van der Waals surface area contributed by atoms with Crippen molar-refractivity contribution in [3.05, 3.63) is 77.9 Å². The number of piperidine rings is 1. The maximum Gasteiger partial charge on any atom is 0.194 e. The number of hydrogen-bond donors (Lipinski definition) is 2. The minimum Gasteiger partial charge on any atom is -0.483 e. The molecular formula is C26H29F2N3O. The normalized spacial score (nSPS) is 16.0. The lowest BCUT2D eigenvalue weighted by Gasteiger charge is -2.37. The quantitative estimate of drug-likeness (QED) is 0.448. The molecule has 4 rings (SSSR count). The van der Waals surface area contributed by atoms with Crippen molar-refractivity contribution in [2.24, 2.45) is 5.41 Å². The van der Waals surface area contributed by atoms with Crippen LogP contribution in [-0.4, -0.2) is 18.1 Å². The summed E-state index contributed by atoms with van der Waals surface area (Å²) in [7, 11) is 0. The molecule has 168 valence electrons. The van der Waals surface area contributed by atoms with Gasteiger partial charge in [0.1, 0.15) is 12.3 Å². The van der Waals surface area contributed by atoms with Gasteiger partial charge in [0.25, 0.3) is 0 Å². The molecule has 0 aromatic heterocycles. The van der Waals surface area contributed by atoms with Gasteiger partial charge in [-0.05, 0) is 29.4 Å². The van der Waals surface area contributed by atoms with Crippen LogP contribution in [0.25, 0.3) is 11.1 Å². The fourth-order valence-electron chi connectivity index (χ4n) is 3.92. The number of anilines is 2. The van der Waals surface area contributed by atoms with Gasteiger partial charge in [0.2, 0.25) is 0 Å². The first-order valence-corrected chi connectivity index (χ1v) is 10.9. The molecule has 3 N–H and O–H groups in total. The van der Waals surface area contributed by atoms with E-state index in [1.807, 2.05) is 41.4 Å². The summed E-state index contributed by atoms with van der Waals surface area (Å²) in [5.41, 5.74) is 11.3. The molecule has 32 heavy (non-hydrogen) atoms. The second kappa shape index (κ2) is 9.17. The number of hydrazine groups is 1. The van der Waals surface area contributed by atoms with Crippen LogP contribution in [-0.2, 0) is 6.61 Å². The van der Waals surface area contributed by atoms with E-state index >= 15 is 8.78 Å². The molecule has 0 amide bonds. The van der Waals surface area contributed by atoms with Crippen LogP contribution in [0.3, 0.4) is 0 Å². The summed E-state index contributed by atoms with van der Waals surface area (Å²) in [5, 5.41) is 1.94. The van der Waals surface area contributed by atoms with Crippen LogP contribution in [0.1, 0.15) is 32.3 Å². The summed E-state index contributed by atoms with van der Waals surface area (Å²) in [6.07, 6.45) is 1.93. The summed E-state index contributed by atoms with van der Waals surface area (Å²) >= 11 is 0. The molecule has 1 heterocycles. The van der Waals surface area contributed by atoms with Crippen LogP contribution in [0.4, 0.5) is 20.2 Å². The van der Waals surface area contributed by atoms with Gasteiger partial charge in [0, 0.05) is 18.7 Å². The van der Waals surface area contributed by atoms with Crippen LogP contribution in [0.2, 0.25) is 0 Å². The Morgan fingerprint density at radius 1 is 0.938 bits per heavy atom. The fraction of sp³-hybridized carbons (Fsp3) is 0.308. The van der Waals surface area contributed by atoms with Gasteiger partial charge in [-0.15, -0.1) is 0 Å². The van der Waals surface area contributed by atoms with Crippen molar-refractivity contribution in [3.8, 4) is 16.9 Å². The van der Waals surface area contributed by atoms with E-state index < -0.39 is 17.4 Å². The Morgan fingerprint density at radius 3 is 2.16 bits per heavy atom. The Labute approximate surface area is 188 Å². The number of nitrogens with zero attached hydrogens (tertiary/aromatic N) is 1. The van der Waals surface area contributed by atoms with Gasteiger partial charge in [-0.3, -0.25) is 0 Å². The SMILES string of the molecule is CC1(C)CCN(Nc2c(N)c(-c3ccccc3)c(F)c(OCc3ccccc3)c2F)CC1. The zero-order valence-electron chi connectivity index (χ0n) is 18.5. The smallest absolute Gasteiger partial charge is 0.194 e. The number of rotatable bonds is 6. The molecule has 1 aliphatic rings. The van der Waals surface area contributed by atoms with E-state index in [1.54, 1.807) is 24.3 Å². The van der Waals surface area contributed by atoms with E-state index in [-0.39, 0.29) is 29.0 Å². The van der Waals surface area contributed by atoms with E-state index in [4.69, 9.17) is 10.5 Å². The van der Waals surface area contributed by atoms with E-state index in [0.717, 1.165) is 31.5 Å². The number of nitrogens with two attached hydrogens (primary N) is 1. The molecule has 0 radical (unpaired) electrons. The molecule has 0 atom stereocenters. The first-order chi connectivity index (χ1) is 15.4. The molecule has 1 aliphatic heterocycles. The third-order valence-electron chi connectivity index (χ3n) is 6.05. The first kappa shape index (κ1) is 22.1. The topological polar surface area (TPSA) is 50.5 Å². The van der Waals surface area contributed by atoms with E-state index in [9.17, 15) is 0 Å². The highest BCUT2D eigenvalue weighted by molar-refractivity contribution is 5.88. The molecule has 3 aromatic rings. The zero-order chi connectivity index (χ0) is 22.7. The summed E-state index contributed by atoms with van der Waals surface area (Å²) in [5.74, 6) is -2.05. The Hall–Kier alpha value is -3.12. The highest BCUT2D eigenvalue weighted by Crippen LogP contribution is 2.43. The monoisotopic (exact) mass is 437 g/mol. The van der Waals surface area contributed by atoms with Gasteiger partial charge >= 0.3 is 0 Å². The van der Waals surface area contributed by atoms with Crippen molar-refractivity contribution in [2.45, 2.75) is 33.3 Å². The summed E-state index contributed by atoms with van der Waals surface area (Å²) in [6.45, 7) is 5.97. The Kier molecular flexibility index (Phi) is 6.33. The minimum absolute atomic E-state index is 0.0306. The zero-order valence-corrected chi connectivity index (χ0v) is 18.5. The van der Waals surface area contributed by atoms with E-state index in [2.05, 4.69) is 19.3 Å². The molecule has 3 aromatic carbocycles. The number of halogens is 2. The highest BCUT2D eigenvalue weighted by atomic mass is 19.1. The predicted octanol–water partition coefficient (Wildman–Crippen LogP) is 6.24. The van der Waals surface area contributed by atoms with Crippen molar-refractivity contribution >= 4 is 11.4 Å². The van der Waals surface area contributed by atoms with Crippen LogP contribution in [0.5, 0.6) is 5.75 Å². The lowest BCUT2D eigenvalue weighted by molar-refractivity contribution is 0.154. The van der Waals surface area contributed by atoms with Gasteiger partial charge < -0.3 is 15.9 Å². The average Bonchev–Trinajstić information content (AvgIpc) is 2.79. The molecule has 6 heteroatoms. The van der Waals surface area contributed by atoms with Crippen LogP contribution < -0.4 is 15.9 Å². The highest BCUT2D eigenvalue weighted by Gasteiger charge is 2.29. The molecule has 0 saturated carbocycles. The van der Waals surface area contributed by atoms with Gasteiger partial charge in [-0.25, -0.2) is 13.8 Å². The first-order valence-electron chi connectivity index (χ1n) is 10.9. The van der Waals surface area contributed by atoms with Crippen LogP contribution >= 0.6 is 0 Å². The van der Waals surface area contributed by atoms with E-state index in [0.29, 0.717) is 5.56 Å². The van der Waals surface area contributed by atoms with Crippen LogP contribution in [0.15, 0.2) is 60.7 Å². The van der Waals surface area contributed by atoms with Crippen molar-refractivity contribution in [1.82, 2.24) is 5.01 Å². The second-order valence-electron chi connectivity index (χ2n) is 9.02. The Bertz CT molecular complexity index is 1060. The number of benzene rings is 3. The van der Waals surface area contributed by atoms with Crippen LogP contribution in [0, 0.1) is 17.0 Å². The molecule has 1 saturated heterocycles. The molecule has 0 spiro atoms. The lowest BCUT2D eigenvalue weighted by atomic mass is 9.83. The minimum atomic E-state index is -0.819. The maximum absolute atomic E-state index is 15.6. The summed E-state index contributed by atoms with van der Waals surface area (Å²) in [6, 6.07) is 18.2. The predicted molar refractivity (Wildman–Crippen MR) is 125 cm³/mol. The Balaban J connectivity index is 1.72. The van der Waals surface area contributed by atoms with Crippen molar-refractivity contribution in [1.29, 1.82) is 0 Å². The van der Waals surface area contributed by atoms with Gasteiger partial charge in [-0.1, -0.05) is 74.5 Å². The lowest BCUT2D eigenvalue weighted by Crippen LogP contribution is -2.41. The van der Waals surface area contributed by atoms with Crippen molar-refractivity contribution in [3.63, 3.8) is 0 Å². The second-order valence-corrected chi connectivity index (χ2v) is 9.02. The van der Waals surface area contributed by atoms with E-state index in [1.165, 1.54) is 0 Å². The molecule has 0 bridgehead atoms. The third-order valence-corrected chi connectivity index (χ3v) is 6.05. The standard InChI is InChI=1S/C26H29F2N3O/c1-26(2)13-15-31(16-14-26)30-24-22(28)25(32-17-18-9-5-3-6-10-18)21(27)20(23(24)29)19-11-7-4-8-12-19/h3-12,30H,13-17,29H2,1-2H3. The third kappa shape index (κ3) is 4.70. The van der Waals surface area contributed by atoms with Crippen molar-refractivity contribution in [2.75, 3.05) is 24.2 Å². The van der Waals surface area contributed by atoms with Gasteiger partial charge in [0.05, 0.1) is 5.69 Å². The summed E-state index contributed by atoms with van der Waals surface area (Å²) in [4.78, 5) is 0. The molecular weight excluding hydrogens is 408 g/mol. The maximum atomic E-state index is 15.6. The molecule has 0 aliphatic carbocycles. The number of hydrogen-bond acceptors (Lipinski definition) is 4. The largest absolute Gasteiger partial charge is 0.483 e. The number of nitrogens with one attached hydrogen (secondary N) is 1. The number of nitrogen functional groups attached to an aromatic ring is 1. The van der Waals surface area contributed by atoms with Crippen molar-refractivity contribution < 1.29 is 13.5 Å². The fourth-order valence-corrected chi connectivity index (χ4v) is 3.92. The Morgan fingerprint density at radius 2 is 1.53 bits per heavy atom. The number of ether oxygens (including phenoxy) is 1.